The standard InChI is InChI=1S/C34H34S3/c1-3-5-7-15-23-24(16-8-6-4-2)34-31(32-26-18-10-12-20-28(26)36-33(23)32)25-17-9-11-19-27(25)35-29-21-13-14-22-30(29)37-34/h9-14,17-22H,3-8,15-16H2,1-2H3. The fourth-order valence-corrected chi connectivity index (χ4v) is 9.39. The number of unbranched alkanes of at least 4 members (excludes halogenated alkanes) is 4. The van der Waals surface area contributed by atoms with Crippen LogP contribution in [0.15, 0.2) is 72.8 Å². The first kappa shape index (κ1) is 24.9. The minimum absolute atomic E-state index is 1.17. The summed E-state index contributed by atoms with van der Waals surface area (Å²) in [6.45, 7) is 4.64. The Morgan fingerprint density at radius 1 is 0.459 bits per heavy atom. The third-order valence-corrected chi connectivity index (χ3v) is 11.2. The zero-order valence-corrected chi connectivity index (χ0v) is 24.3. The van der Waals surface area contributed by atoms with Crippen molar-refractivity contribution in [3.8, 4) is 0 Å². The largest absolute Gasteiger partial charge is 0.135 e. The molecule has 0 saturated heterocycles. The summed E-state index contributed by atoms with van der Waals surface area (Å²) in [5, 5.41) is 5.78. The van der Waals surface area contributed by atoms with Gasteiger partial charge in [0.15, 0.2) is 0 Å². The van der Waals surface area contributed by atoms with Crippen LogP contribution in [0.3, 0.4) is 0 Å². The lowest BCUT2D eigenvalue weighted by Gasteiger charge is -2.16. The molecule has 0 saturated carbocycles. The molecule has 0 bridgehead atoms. The van der Waals surface area contributed by atoms with E-state index in [2.05, 4.69) is 86.6 Å². The van der Waals surface area contributed by atoms with E-state index in [4.69, 9.17) is 0 Å². The van der Waals surface area contributed by atoms with Gasteiger partial charge < -0.3 is 0 Å². The lowest BCUT2D eigenvalue weighted by Crippen LogP contribution is -1.98. The van der Waals surface area contributed by atoms with Gasteiger partial charge in [-0.05, 0) is 61.1 Å². The zero-order valence-electron chi connectivity index (χ0n) is 21.8. The van der Waals surface area contributed by atoms with Gasteiger partial charge in [0.2, 0.25) is 0 Å². The topological polar surface area (TPSA) is 0 Å². The molecule has 0 radical (unpaired) electrons. The second-order valence-corrected chi connectivity index (χ2v) is 13.2. The number of aryl methyl sites for hydroxylation is 2. The quantitative estimate of drug-likeness (QED) is 0.169. The highest BCUT2D eigenvalue weighted by molar-refractivity contribution is 7.32. The van der Waals surface area contributed by atoms with Gasteiger partial charge in [0.25, 0.3) is 0 Å². The maximum absolute atomic E-state index is 2.37. The first-order chi connectivity index (χ1) is 18.3. The Morgan fingerprint density at radius 3 is 1.38 bits per heavy atom. The molecule has 4 aromatic carbocycles. The molecule has 188 valence electrons. The van der Waals surface area contributed by atoms with E-state index in [0.29, 0.717) is 0 Å². The van der Waals surface area contributed by atoms with Gasteiger partial charge in [-0.15, -0.1) is 34.0 Å². The van der Waals surface area contributed by atoms with Crippen molar-refractivity contribution in [1.82, 2.24) is 0 Å². The monoisotopic (exact) mass is 538 g/mol. The summed E-state index contributed by atoms with van der Waals surface area (Å²) in [6.07, 6.45) is 10.0. The van der Waals surface area contributed by atoms with Crippen molar-refractivity contribution < 1.29 is 0 Å². The summed E-state index contributed by atoms with van der Waals surface area (Å²) in [5.41, 5.74) is 3.26. The summed E-state index contributed by atoms with van der Waals surface area (Å²) in [4.78, 5) is 0. The molecule has 0 aliphatic heterocycles. The van der Waals surface area contributed by atoms with Crippen LogP contribution in [0.25, 0.3) is 49.7 Å². The highest BCUT2D eigenvalue weighted by Crippen LogP contribution is 2.47. The molecule has 0 N–H and O–H groups in total. The zero-order chi connectivity index (χ0) is 25.2. The van der Waals surface area contributed by atoms with Gasteiger partial charge in [-0.1, -0.05) is 88.1 Å². The second-order valence-electron chi connectivity index (χ2n) is 10.0. The first-order valence-corrected chi connectivity index (χ1v) is 16.3. The van der Waals surface area contributed by atoms with E-state index in [0.717, 1.165) is 0 Å². The molecular formula is C34H34S3. The van der Waals surface area contributed by atoms with Crippen molar-refractivity contribution in [2.45, 2.75) is 65.2 Å². The molecule has 2 heterocycles. The van der Waals surface area contributed by atoms with Crippen LogP contribution in [-0.2, 0) is 12.8 Å². The molecule has 6 aromatic rings. The van der Waals surface area contributed by atoms with E-state index in [-0.39, 0.29) is 0 Å². The minimum Gasteiger partial charge on any atom is -0.135 e. The Morgan fingerprint density at radius 2 is 0.865 bits per heavy atom. The Labute approximate surface area is 231 Å². The van der Waals surface area contributed by atoms with Crippen LogP contribution in [0.1, 0.15) is 63.5 Å². The maximum Gasteiger partial charge on any atom is 0.0449 e. The normalized spacial score (nSPS) is 11.8. The molecule has 0 spiro atoms. The number of benzene rings is 4. The molecule has 6 rings (SSSR count). The molecule has 0 aliphatic carbocycles. The van der Waals surface area contributed by atoms with Crippen molar-refractivity contribution in [2.24, 2.45) is 0 Å². The smallest absolute Gasteiger partial charge is 0.0449 e. The van der Waals surface area contributed by atoms with E-state index in [1.54, 1.807) is 11.1 Å². The summed E-state index contributed by atoms with van der Waals surface area (Å²) in [6, 6.07) is 27.2. The minimum atomic E-state index is 1.17. The number of fused-ring (bicyclic) bond motifs is 8. The van der Waals surface area contributed by atoms with Crippen LogP contribution in [0.4, 0.5) is 0 Å². The summed E-state index contributed by atoms with van der Waals surface area (Å²) in [7, 11) is 0. The highest BCUT2D eigenvalue weighted by Gasteiger charge is 2.20. The van der Waals surface area contributed by atoms with Gasteiger partial charge in [0, 0.05) is 49.7 Å². The number of hydrogen-bond acceptors (Lipinski definition) is 3. The predicted octanol–water partition coefficient (Wildman–Crippen LogP) is 12.2. The Kier molecular flexibility index (Phi) is 7.46. The average Bonchev–Trinajstić information content (AvgIpc) is 3.30. The molecule has 37 heavy (non-hydrogen) atoms. The number of thiophene rings is 1. The van der Waals surface area contributed by atoms with Crippen molar-refractivity contribution in [1.29, 1.82) is 0 Å². The first-order valence-electron chi connectivity index (χ1n) is 13.8. The van der Waals surface area contributed by atoms with E-state index in [9.17, 15) is 0 Å². The molecule has 2 aromatic heterocycles. The molecule has 0 unspecified atom stereocenters. The third kappa shape index (κ3) is 4.67. The van der Waals surface area contributed by atoms with Gasteiger partial charge in [-0.25, -0.2) is 0 Å². The molecule has 0 amide bonds. The van der Waals surface area contributed by atoms with Crippen molar-refractivity contribution in [3.05, 3.63) is 83.9 Å². The fraction of sp³-hybridized carbons (Fsp3) is 0.294. The van der Waals surface area contributed by atoms with E-state index in [1.165, 1.54) is 101 Å². The Hall–Kier alpha value is -2.46. The summed E-state index contributed by atoms with van der Waals surface area (Å²) >= 11 is 5.99. The van der Waals surface area contributed by atoms with Gasteiger partial charge >= 0.3 is 0 Å². The van der Waals surface area contributed by atoms with E-state index in [1.807, 2.05) is 34.0 Å². The molecule has 0 aliphatic rings. The fourth-order valence-electron chi connectivity index (χ4n) is 5.66. The molecule has 0 atom stereocenters. The predicted molar refractivity (Wildman–Crippen MR) is 172 cm³/mol. The van der Waals surface area contributed by atoms with Gasteiger partial charge in [0.05, 0.1) is 0 Å². The van der Waals surface area contributed by atoms with Crippen LogP contribution in [-0.4, -0.2) is 0 Å². The molecular weight excluding hydrogens is 505 g/mol. The van der Waals surface area contributed by atoms with Gasteiger partial charge in [-0.3, -0.25) is 0 Å². The van der Waals surface area contributed by atoms with Crippen LogP contribution in [0.2, 0.25) is 0 Å². The lowest BCUT2D eigenvalue weighted by molar-refractivity contribution is 0.699. The maximum atomic E-state index is 2.37. The van der Waals surface area contributed by atoms with Crippen molar-refractivity contribution >= 4 is 83.8 Å². The SMILES string of the molecule is CCCCCc1c(CCCCC)c2sc3ccccc3c2c2c1sc1ccccc1sc1ccccc12. The van der Waals surface area contributed by atoms with Crippen molar-refractivity contribution in [2.75, 3.05) is 0 Å². The number of rotatable bonds is 8. The van der Waals surface area contributed by atoms with Crippen LogP contribution >= 0.6 is 34.0 Å². The average molecular weight is 539 g/mol. The Bertz CT molecular complexity index is 1760. The van der Waals surface area contributed by atoms with Gasteiger partial charge in [-0.2, -0.15) is 0 Å². The molecule has 3 heteroatoms. The Balaban J connectivity index is 1.87. The van der Waals surface area contributed by atoms with E-state index < -0.39 is 0 Å². The highest BCUT2D eigenvalue weighted by atomic mass is 32.1. The third-order valence-electron chi connectivity index (χ3n) is 7.48. The molecule has 0 fully saturated rings. The summed E-state index contributed by atoms with van der Waals surface area (Å²) < 4.78 is 8.59. The van der Waals surface area contributed by atoms with Crippen molar-refractivity contribution in [3.63, 3.8) is 0 Å². The van der Waals surface area contributed by atoms with Crippen LogP contribution in [0, 0.1) is 0 Å². The number of hydrogen-bond donors (Lipinski definition) is 0. The lowest BCUT2D eigenvalue weighted by atomic mass is 9.92. The van der Waals surface area contributed by atoms with E-state index >= 15 is 0 Å². The van der Waals surface area contributed by atoms with Gasteiger partial charge in [0.1, 0.15) is 0 Å². The van der Waals surface area contributed by atoms with Crippen LogP contribution < -0.4 is 0 Å². The summed E-state index contributed by atoms with van der Waals surface area (Å²) in [5.74, 6) is 0. The molecule has 0 nitrogen and oxygen atoms in total. The van der Waals surface area contributed by atoms with Crippen LogP contribution in [0.5, 0.6) is 0 Å². The second kappa shape index (κ2) is 11.1.